The van der Waals surface area contributed by atoms with Crippen molar-refractivity contribution in [1.82, 2.24) is 14.9 Å². The van der Waals surface area contributed by atoms with Gasteiger partial charge in [-0.05, 0) is 45.2 Å². The molecule has 1 aliphatic heterocycles. The molecule has 2 N–H and O–H groups in total. The van der Waals surface area contributed by atoms with Gasteiger partial charge in [-0.3, -0.25) is 0 Å². The first kappa shape index (κ1) is 12.3. The number of hydrogen-bond donors (Lipinski definition) is 2. The molecule has 1 aliphatic rings. The molecule has 1 saturated heterocycles. The number of piperidine rings is 1. The number of esters is 1. The molecule has 0 aromatic carbocycles. The molecule has 0 unspecified atom stereocenters. The normalized spacial score (nSPS) is 18.2. The van der Waals surface area contributed by atoms with E-state index >= 15 is 0 Å². The summed E-state index contributed by atoms with van der Waals surface area (Å²) in [5, 5.41) is 0. The van der Waals surface area contributed by atoms with Crippen LogP contribution in [-0.4, -0.2) is 48.1 Å². The summed E-state index contributed by atoms with van der Waals surface area (Å²) in [6.07, 6.45) is 2.06. The van der Waals surface area contributed by atoms with E-state index in [0.717, 1.165) is 31.6 Å². The molecule has 0 aliphatic carbocycles. The van der Waals surface area contributed by atoms with E-state index in [4.69, 9.17) is 17.0 Å². The minimum Gasteiger partial charge on any atom is -0.464 e. The fraction of sp³-hybridized carbons (Fsp3) is 0.636. The Labute approximate surface area is 105 Å². The highest BCUT2D eigenvalue weighted by atomic mass is 32.1. The van der Waals surface area contributed by atoms with Crippen LogP contribution in [0.25, 0.3) is 0 Å². The SMILES string of the molecule is COC(=O)c1[nH]c(=S)[nH]c1C1CCN(C)CC1. The van der Waals surface area contributed by atoms with Gasteiger partial charge in [-0.15, -0.1) is 0 Å². The topological polar surface area (TPSA) is 61.1 Å². The van der Waals surface area contributed by atoms with Crippen molar-refractivity contribution in [1.29, 1.82) is 0 Å². The number of carbonyl (C=O) groups is 1. The molecule has 0 atom stereocenters. The van der Waals surface area contributed by atoms with Crippen LogP contribution in [0.3, 0.4) is 0 Å². The first-order valence-corrected chi connectivity index (χ1v) is 6.11. The van der Waals surface area contributed by atoms with E-state index in [0.29, 0.717) is 16.4 Å². The molecule has 94 valence electrons. The number of nitrogens with one attached hydrogen (secondary N) is 2. The van der Waals surface area contributed by atoms with Crippen LogP contribution >= 0.6 is 12.2 Å². The van der Waals surface area contributed by atoms with E-state index < -0.39 is 0 Å². The minimum atomic E-state index is -0.355. The van der Waals surface area contributed by atoms with Gasteiger partial charge in [0.15, 0.2) is 4.77 Å². The Balaban J connectivity index is 2.25. The van der Waals surface area contributed by atoms with Gasteiger partial charge < -0.3 is 19.6 Å². The minimum absolute atomic E-state index is 0.355. The molecule has 0 bridgehead atoms. The van der Waals surface area contributed by atoms with Crippen molar-refractivity contribution in [3.8, 4) is 0 Å². The van der Waals surface area contributed by atoms with Gasteiger partial charge in [0.25, 0.3) is 0 Å². The van der Waals surface area contributed by atoms with Crippen LogP contribution in [0, 0.1) is 4.77 Å². The Bertz CT molecular complexity index is 458. The molecule has 17 heavy (non-hydrogen) atoms. The Morgan fingerprint density at radius 3 is 2.65 bits per heavy atom. The highest BCUT2D eigenvalue weighted by Gasteiger charge is 2.25. The maximum atomic E-state index is 11.6. The van der Waals surface area contributed by atoms with Crippen LogP contribution in [0.4, 0.5) is 0 Å². The summed E-state index contributed by atoms with van der Waals surface area (Å²) in [5.41, 5.74) is 1.38. The molecule has 1 fully saturated rings. The maximum Gasteiger partial charge on any atom is 0.356 e. The fourth-order valence-electron chi connectivity index (χ4n) is 2.26. The van der Waals surface area contributed by atoms with Crippen molar-refractivity contribution in [2.45, 2.75) is 18.8 Å². The van der Waals surface area contributed by atoms with E-state index in [1.54, 1.807) is 0 Å². The van der Waals surface area contributed by atoms with Crippen LogP contribution in [0.2, 0.25) is 0 Å². The Morgan fingerprint density at radius 2 is 2.06 bits per heavy atom. The summed E-state index contributed by atoms with van der Waals surface area (Å²) in [6.45, 7) is 2.08. The van der Waals surface area contributed by atoms with Gasteiger partial charge in [-0.1, -0.05) is 0 Å². The second kappa shape index (κ2) is 5.01. The van der Waals surface area contributed by atoms with Crippen LogP contribution in [-0.2, 0) is 4.74 Å². The number of aromatic nitrogens is 2. The van der Waals surface area contributed by atoms with Crippen molar-refractivity contribution in [3.05, 3.63) is 16.2 Å². The second-order valence-corrected chi connectivity index (χ2v) is 4.85. The number of aromatic amines is 2. The lowest BCUT2D eigenvalue weighted by molar-refractivity contribution is 0.0592. The van der Waals surface area contributed by atoms with E-state index in [-0.39, 0.29) is 5.97 Å². The number of nitrogens with zero attached hydrogens (tertiary/aromatic N) is 1. The average molecular weight is 255 g/mol. The molecule has 1 aromatic heterocycles. The quantitative estimate of drug-likeness (QED) is 0.623. The Kier molecular flexibility index (Phi) is 3.63. The van der Waals surface area contributed by atoms with Crippen LogP contribution in [0.1, 0.15) is 34.9 Å². The number of H-pyrrole nitrogens is 2. The smallest absolute Gasteiger partial charge is 0.356 e. The largest absolute Gasteiger partial charge is 0.464 e. The number of ether oxygens (including phenoxy) is 1. The van der Waals surface area contributed by atoms with Gasteiger partial charge in [-0.25, -0.2) is 4.79 Å². The zero-order chi connectivity index (χ0) is 12.4. The predicted octanol–water partition coefficient (Wildman–Crippen LogP) is 1.67. The number of hydrogen-bond acceptors (Lipinski definition) is 4. The molecule has 0 spiro atoms. The van der Waals surface area contributed by atoms with E-state index in [1.807, 2.05) is 0 Å². The lowest BCUT2D eigenvalue weighted by atomic mass is 9.92. The van der Waals surface area contributed by atoms with E-state index in [1.165, 1.54) is 7.11 Å². The second-order valence-electron chi connectivity index (χ2n) is 4.44. The zero-order valence-corrected chi connectivity index (χ0v) is 10.9. The molecule has 6 heteroatoms. The third-order valence-corrected chi connectivity index (χ3v) is 3.48. The van der Waals surface area contributed by atoms with Crippen LogP contribution in [0.15, 0.2) is 0 Å². The Hall–Kier alpha value is -1.14. The number of likely N-dealkylation sites (tertiary alicyclic amines) is 1. The van der Waals surface area contributed by atoms with Crippen molar-refractivity contribution in [2.75, 3.05) is 27.2 Å². The van der Waals surface area contributed by atoms with E-state index in [2.05, 4.69) is 21.9 Å². The molecule has 1 aromatic rings. The first-order chi connectivity index (χ1) is 8.11. The Morgan fingerprint density at radius 1 is 1.41 bits per heavy atom. The van der Waals surface area contributed by atoms with Gasteiger partial charge in [0.2, 0.25) is 0 Å². The summed E-state index contributed by atoms with van der Waals surface area (Å²) >= 11 is 5.05. The monoisotopic (exact) mass is 255 g/mol. The van der Waals surface area contributed by atoms with Gasteiger partial charge in [0, 0.05) is 5.92 Å². The predicted molar refractivity (Wildman–Crippen MR) is 66.8 cm³/mol. The summed E-state index contributed by atoms with van der Waals surface area (Å²) in [7, 11) is 3.49. The first-order valence-electron chi connectivity index (χ1n) is 5.71. The highest BCUT2D eigenvalue weighted by molar-refractivity contribution is 7.71. The lowest BCUT2D eigenvalue weighted by Gasteiger charge is -2.28. The highest BCUT2D eigenvalue weighted by Crippen LogP contribution is 2.28. The van der Waals surface area contributed by atoms with Crippen molar-refractivity contribution in [2.24, 2.45) is 0 Å². The number of carbonyl (C=O) groups excluding carboxylic acids is 1. The lowest BCUT2D eigenvalue weighted by Crippen LogP contribution is -2.30. The van der Waals surface area contributed by atoms with Crippen LogP contribution < -0.4 is 0 Å². The van der Waals surface area contributed by atoms with Gasteiger partial charge >= 0.3 is 5.97 Å². The van der Waals surface area contributed by atoms with E-state index in [9.17, 15) is 4.79 Å². The number of rotatable bonds is 2. The zero-order valence-electron chi connectivity index (χ0n) is 10.1. The summed E-state index contributed by atoms with van der Waals surface area (Å²) < 4.78 is 5.24. The van der Waals surface area contributed by atoms with Crippen molar-refractivity contribution >= 4 is 18.2 Å². The van der Waals surface area contributed by atoms with Crippen molar-refractivity contribution in [3.63, 3.8) is 0 Å². The van der Waals surface area contributed by atoms with Gasteiger partial charge in [-0.2, -0.15) is 0 Å². The molecule has 0 saturated carbocycles. The summed E-state index contributed by atoms with van der Waals surface area (Å²) in [5.74, 6) is -0.000437. The molecular formula is C11H17N3O2S. The molecule has 5 nitrogen and oxygen atoms in total. The molecule has 2 rings (SSSR count). The fourth-order valence-corrected chi connectivity index (χ4v) is 2.48. The third-order valence-electron chi connectivity index (χ3n) is 3.27. The molecule has 0 amide bonds. The standard InChI is InChI=1S/C11H17N3O2S/c1-14-5-3-7(4-6-14)8-9(10(15)16-2)13-11(17)12-8/h7H,3-6H2,1-2H3,(H2,12,13,17). The maximum absolute atomic E-state index is 11.6. The van der Waals surface area contributed by atoms with Gasteiger partial charge in [0.05, 0.1) is 12.8 Å². The molecule has 0 radical (unpaired) electrons. The summed E-state index contributed by atoms with van der Waals surface area (Å²) in [4.78, 5) is 19.9. The van der Waals surface area contributed by atoms with Crippen LogP contribution in [0.5, 0.6) is 0 Å². The molecule has 2 heterocycles. The van der Waals surface area contributed by atoms with Crippen molar-refractivity contribution < 1.29 is 9.53 Å². The molecular weight excluding hydrogens is 238 g/mol. The number of methoxy groups -OCH3 is 1. The average Bonchev–Trinajstić information content (AvgIpc) is 2.71. The number of imidazole rings is 1. The summed E-state index contributed by atoms with van der Waals surface area (Å²) in [6, 6.07) is 0. The van der Waals surface area contributed by atoms with Gasteiger partial charge in [0.1, 0.15) is 5.69 Å². The third kappa shape index (κ3) is 2.58.